The summed E-state index contributed by atoms with van der Waals surface area (Å²) >= 11 is 0. The molecule has 0 radical (unpaired) electrons. The van der Waals surface area contributed by atoms with Crippen LogP contribution in [-0.2, 0) is 16.1 Å². The molecule has 3 rings (SSSR count). The molecule has 32 heavy (non-hydrogen) atoms. The molecule has 0 saturated carbocycles. The number of carbonyl (C=O) groups is 1. The second kappa shape index (κ2) is 10.1. The smallest absolute Gasteiger partial charge is 0.321 e. The Morgan fingerprint density at radius 3 is 2.38 bits per heavy atom. The van der Waals surface area contributed by atoms with Crippen LogP contribution < -0.4 is 5.32 Å². The lowest BCUT2D eigenvalue weighted by Gasteiger charge is -2.31. The number of carboxylic acids is 1. The summed E-state index contributed by atoms with van der Waals surface area (Å²) in [4.78, 5) is 23.8. The van der Waals surface area contributed by atoms with E-state index >= 15 is 0 Å². The summed E-state index contributed by atoms with van der Waals surface area (Å²) in [5, 5.41) is 25.0. The Morgan fingerprint density at radius 1 is 1.22 bits per heavy atom. The lowest BCUT2D eigenvalue weighted by molar-refractivity contribution is -0.535. The second-order valence-electron chi connectivity index (χ2n) is 8.16. The van der Waals surface area contributed by atoms with Crippen LogP contribution >= 0.6 is 0 Å². The molecule has 9 heteroatoms. The van der Waals surface area contributed by atoms with Gasteiger partial charge in [-0.05, 0) is 29.2 Å². The average Bonchev–Trinajstić information content (AvgIpc) is 3.14. The van der Waals surface area contributed by atoms with E-state index in [-0.39, 0.29) is 18.1 Å². The highest BCUT2D eigenvalue weighted by Crippen LogP contribution is 2.39. The van der Waals surface area contributed by atoms with Crippen LogP contribution in [0.1, 0.15) is 37.4 Å². The van der Waals surface area contributed by atoms with Gasteiger partial charge in [-0.2, -0.15) is 0 Å². The zero-order valence-electron chi connectivity index (χ0n) is 17.8. The molecule has 0 amide bonds. The Balaban J connectivity index is 1.97. The summed E-state index contributed by atoms with van der Waals surface area (Å²) in [6, 6.07) is 8.34. The third-order valence-corrected chi connectivity index (χ3v) is 6.10. The third kappa shape index (κ3) is 5.11. The van der Waals surface area contributed by atoms with Crippen molar-refractivity contribution in [2.75, 3.05) is 0 Å². The molecule has 0 bridgehead atoms. The van der Waals surface area contributed by atoms with Crippen molar-refractivity contribution in [1.29, 1.82) is 0 Å². The molecule has 7 nitrogen and oxygen atoms in total. The zero-order valence-corrected chi connectivity index (χ0v) is 17.8. The number of nitrogens with one attached hydrogen (secondary N) is 1. The highest BCUT2D eigenvalue weighted by atomic mass is 19.1. The van der Waals surface area contributed by atoms with Gasteiger partial charge >= 0.3 is 5.97 Å². The minimum atomic E-state index is -1.26. The highest BCUT2D eigenvalue weighted by Gasteiger charge is 2.57. The molecule has 1 aliphatic heterocycles. The Labute approximate surface area is 184 Å². The zero-order chi connectivity index (χ0) is 23.4. The van der Waals surface area contributed by atoms with Gasteiger partial charge in [0.05, 0.1) is 18.6 Å². The summed E-state index contributed by atoms with van der Waals surface area (Å²) in [6.07, 6.45) is -0.255. The van der Waals surface area contributed by atoms with Crippen molar-refractivity contribution in [3.8, 4) is 0 Å². The van der Waals surface area contributed by atoms with Gasteiger partial charge in [0, 0.05) is 11.0 Å². The van der Waals surface area contributed by atoms with Crippen LogP contribution in [0.15, 0.2) is 48.5 Å². The van der Waals surface area contributed by atoms with E-state index in [4.69, 9.17) is 4.74 Å². The first-order valence-corrected chi connectivity index (χ1v) is 10.5. The molecule has 2 N–H and O–H groups in total. The van der Waals surface area contributed by atoms with Crippen LogP contribution in [0, 0.1) is 33.6 Å². The number of nitro groups is 1. The maximum Gasteiger partial charge on any atom is 0.321 e. The first-order valence-electron chi connectivity index (χ1n) is 10.5. The van der Waals surface area contributed by atoms with Crippen LogP contribution in [0.4, 0.5) is 8.78 Å². The van der Waals surface area contributed by atoms with E-state index in [1.807, 2.05) is 13.8 Å². The number of halogens is 2. The number of nitrogens with zero attached hydrogens (tertiary/aromatic N) is 1. The van der Waals surface area contributed by atoms with Crippen LogP contribution in [0.5, 0.6) is 0 Å². The molecule has 1 fully saturated rings. The molecule has 1 heterocycles. The van der Waals surface area contributed by atoms with E-state index in [1.165, 1.54) is 0 Å². The SMILES string of the molecule is CC[C@H](C)[C@H](OCc1cc(F)cc(F)c1)[C@H]1[C@H]([N+](=O)[O-])[C@H](c2ccccc2)N[C@@H]1C(=O)O. The van der Waals surface area contributed by atoms with E-state index in [2.05, 4.69) is 5.32 Å². The maximum absolute atomic E-state index is 13.6. The van der Waals surface area contributed by atoms with E-state index in [1.54, 1.807) is 30.3 Å². The van der Waals surface area contributed by atoms with Gasteiger partial charge in [-0.3, -0.25) is 20.2 Å². The number of rotatable bonds is 9. The maximum atomic E-state index is 13.6. The quantitative estimate of drug-likeness (QED) is 0.445. The van der Waals surface area contributed by atoms with Gasteiger partial charge in [-0.1, -0.05) is 50.6 Å². The third-order valence-electron chi connectivity index (χ3n) is 6.10. The van der Waals surface area contributed by atoms with Crippen molar-refractivity contribution >= 4 is 5.97 Å². The lowest BCUT2D eigenvalue weighted by Crippen LogP contribution is -2.47. The molecular weight excluding hydrogens is 422 g/mol. The first-order chi connectivity index (χ1) is 15.2. The molecule has 0 aliphatic carbocycles. The van der Waals surface area contributed by atoms with Crippen molar-refractivity contribution in [2.24, 2.45) is 11.8 Å². The van der Waals surface area contributed by atoms with E-state index < -0.39 is 52.7 Å². The highest BCUT2D eigenvalue weighted by molar-refractivity contribution is 5.75. The molecule has 1 aliphatic rings. The molecular formula is C23H26F2N2O5. The van der Waals surface area contributed by atoms with Gasteiger partial charge in [-0.25, -0.2) is 8.78 Å². The fraction of sp³-hybridized carbons (Fsp3) is 0.435. The number of ether oxygens (including phenoxy) is 1. The number of benzene rings is 2. The minimum Gasteiger partial charge on any atom is -0.480 e. The second-order valence-corrected chi connectivity index (χ2v) is 8.16. The fourth-order valence-electron chi connectivity index (χ4n) is 4.43. The monoisotopic (exact) mass is 448 g/mol. The van der Waals surface area contributed by atoms with Crippen molar-refractivity contribution in [2.45, 2.75) is 51.1 Å². The van der Waals surface area contributed by atoms with Crippen molar-refractivity contribution in [1.82, 2.24) is 5.32 Å². The van der Waals surface area contributed by atoms with Crippen LogP contribution in [-0.4, -0.2) is 34.2 Å². The number of aliphatic carboxylic acids is 1. The van der Waals surface area contributed by atoms with Crippen LogP contribution in [0.3, 0.4) is 0 Å². The predicted molar refractivity (Wildman–Crippen MR) is 112 cm³/mol. The molecule has 0 spiro atoms. The lowest BCUT2D eigenvalue weighted by atomic mass is 9.80. The number of hydrogen-bond donors (Lipinski definition) is 2. The summed E-state index contributed by atoms with van der Waals surface area (Å²) in [6.45, 7) is 3.49. The summed E-state index contributed by atoms with van der Waals surface area (Å²) in [5.74, 6) is -3.97. The Bertz CT molecular complexity index is 938. The van der Waals surface area contributed by atoms with Crippen molar-refractivity contribution < 1.29 is 28.3 Å². The van der Waals surface area contributed by atoms with E-state index in [0.29, 0.717) is 12.0 Å². The van der Waals surface area contributed by atoms with Gasteiger partial charge in [0.1, 0.15) is 23.7 Å². The Morgan fingerprint density at radius 2 is 1.84 bits per heavy atom. The van der Waals surface area contributed by atoms with Crippen molar-refractivity contribution in [3.05, 3.63) is 81.4 Å². The molecule has 0 unspecified atom stereocenters. The number of hydrogen-bond acceptors (Lipinski definition) is 5. The van der Waals surface area contributed by atoms with Crippen LogP contribution in [0.2, 0.25) is 0 Å². The largest absolute Gasteiger partial charge is 0.480 e. The van der Waals surface area contributed by atoms with Gasteiger partial charge in [0.25, 0.3) is 0 Å². The minimum absolute atomic E-state index is 0.201. The van der Waals surface area contributed by atoms with Crippen LogP contribution in [0.25, 0.3) is 0 Å². The van der Waals surface area contributed by atoms with Crippen molar-refractivity contribution in [3.63, 3.8) is 0 Å². The number of carboxylic acid groups (broad SMARTS) is 1. The predicted octanol–water partition coefficient (Wildman–Crippen LogP) is 3.96. The standard InChI is InChI=1S/C23H26F2N2O5/c1-3-13(2)22(32-12-14-9-16(24)11-17(25)10-14)18-20(23(28)29)26-19(21(18)27(30)31)15-7-5-4-6-8-15/h4-11,13,18-22,26H,3,12H2,1-2H3,(H,28,29)/t13-,18+,19-,20-,21-,22-/m0/s1. The Kier molecular flexibility index (Phi) is 7.52. The molecule has 172 valence electrons. The first kappa shape index (κ1) is 23.7. The van der Waals surface area contributed by atoms with Gasteiger partial charge < -0.3 is 9.84 Å². The normalized spacial score (nSPS) is 24.8. The Hall–Kier alpha value is -2.91. The summed E-state index contributed by atoms with van der Waals surface area (Å²) in [5.41, 5.74) is 0.837. The van der Waals surface area contributed by atoms with Gasteiger partial charge in [0.15, 0.2) is 0 Å². The topological polar surface area (TPSA) is 102 Å². The fourth-order valence-corrected chi connectivity index (χ4v) is 4.43. The van der Waals surface area contributed by atoms with E-state index in [9.17, 15) is 28.8 Å². The molecule has 2 aromatic rings. The summed E-state index contributed by atoms with van der Waals surface area (Å²) in [7, 11) is 0. The molecule has 1 saturated heterocycles. The van der Waals surface area contributed by atoms with Gasteiger partial charge in [0.2, 0.25) is 6.04 Å². The average molecular weight is 448 g/mol. The molecule has 2 aromatic carbocycles. The molecule has 6 atom stereocenters. The van der Waals surface area contributed by atoms with Gasteiger partial charge in [-0.15, -0.1) is 0 Å². The molecule has 0 aromatic heterocycles. The summed E-state index contributed by atoms with van der Waals surface area (Å²) < 4.78 is 33.1. The van der Waals surface area contributed by atoms with E-state index in [0.717, 1.165) is 18.2 Å².